The van der Waals surface area contributed by atoms with Crippen LogP contribution in [0.5, 0.6) is 0 Å². The zero-order valence-electron chi connectivity index (χ0n) is 19.8. The van der Waals surface area contributed by atoms with Gasteiger partial charge in [-0.05, 0) is 47.6 Å². The smallest absolute Gasteiger partial charge is 0.744 e. The Morgan fingerprint density at radius 3 is 1.60 bits per heavy atom. The summed E-state index contributed by atoms with van der Waals surface area (Å²) in [4.78, 5) is 10.7. The number of rotatable bonds is 7. The topological polar surface area (TPSA) is 168 Å². The van der Waals surface area contributed by atoms with Crippen molar-refractivity contribution in [3.63, 3.8) is 0 Å². The third-order valence-corrected chi connectivity index (χ3v) is 6.38. The van der Waals surface area contributed by atoms with Crippen molar-refractivity contribution >= 4 is 67.0 Å². The normalized spacial score (nSPS) is 11.4. The number of hydrogen-bond donors (Lipinski definition) is 3. The van der Waals surface area contributed by atoms with Gasteiger partial charge in [-0.15, -0.1) is 0 Å². The zero-order chi connectivity index (χ0) is 25.0. The summed E-state index contributed by atoms with van der Waals surface area (Å²) in [5.41, 5.74) is 0.269. The van der Waals surface area contributed by atoms with E-state index in [0.717, 1.165) is 12.1 Å². The monoisotopic (exact) mass is 557 g/mol. The molecule has 178 valence electrons. The van der Waals surface area contributed by atoms with Crippen molar-refractivity contribution in [3.8, 4) is 0 Å². The first-order chi connectivity index (χ1) is 15.2. The Hall–Kier alpha value is -0.840. The molecule has 0 heterocycles. The number of nitrogens with one attached hydrogen (secondary N) is 3. The van der Waals surface area contributed by atoms with Crippen molar-refractivity contribution in [2.24, 2.45) is 5.92 Å². The van der Waals surface area contributed by atoms with Gasteiger partial charge in [0.2, 0.25) is 5.91 Å². The van der Waals surface area contributed by atoms with E-state index in [0.29, 0.717) is 0 Å². The minimum Gasteiger partial charge on any atom is -0.744 e. The Morgan fingerprint density at radius 1 is 0.857 bits per heavy atom. The second-order valence-electron chi connectivity index (χ2n) is 7.09. The molecule has 35 heavy (non-hydrogen) atoms. The minimum atomic E-state index is -4.94. The van der Waals surface area contributed by atoms with Gasteiger partial charge in [0.05, 0.1) is 9.79 Å². The first kappa shape index (κ1) is 34.2. The fraction of sp³-hybridized carbons (Fsp3) is 0.200. The van der Waals surface area contributed by atoms with Crippen molar-refractivity contribution in [3.05, 3.63) is 47.5 Å². The van der Waals surface area contributed by atoms with Gasteiger partial charge in [0.25, 0.3) is 0 Å². The van der Waals surface area contributed by atoms with Crippen LogP contribution in [0.4, 0.5) is 11.4 Å². The Labute approximate surface area is 254 Å². The number of benzene rings is 2. The molecule has 15 heteroatoms. The quantitative estimate of drug-likeness (QED) is 0.133. The molecule has 0 spiro atoms. The number of amides is 1. The van der Waals surface area contributed by atoms with Crippen LogP contribution in [-0.4, -0.2) is 44.0 Å². The zero-order valence-corrected chi connectivity index (χ0v) is 26.2. The summed E-state index contributed by atoms with van der Waals surface area (Å²) < 4.78 is 70.5. The van der Waals surface area contributed by atoms with E-state index in [1.165, 1.54) is 36.4 Å². The molecular weight excluding hydrogens is 536 g/mol. The molecule has 0 aliphatic rings. The van der Waals surface area contributed by atoms with Gasteiger partial charge >= 0.3 is 59.1 Å². The van der Waals surface area contributed by atoms with Gasteiger partial charge in [0, 0.05) is 24.3 Å². The van der Waals surface area contributed by atoms with E-state index in [4.69, 9.17) is 12.2 Å². The Bertz CT molecular complexity index is 1330. The van der Waals surface area contributed by atoms with Crippen molar-refractivity contribution < 1.29 is 89.9 Å². The van der Waals surface area contributed by atoms with Gasteiger partial charge in [-0.25, -0.2) is 16.8 Å². The first-order valence-corrected chi connectivity index (χ1v) is 12.6. The fourth-order valence-corrected chi connectivity index (χ4v) is 4.10. The molecular formula is C20H21N3Na2O7S3. The summed E-state index contributed by atoms with van der Waals surface area (Å²) >= 11 is 4.95. The van der Waals surface area contributed by atoms with Crippen molar-refractivity contribution in [2.75, 3.05) is 17.7 Å². The van der Waals surface area contributed by atoms with Crippen molar-refractivity contribution in [1.29, 1.82) is 0 Å². The van der Waals surface area contributed by atoms with Gasteiger partial charge < -0.3 is 25.1 Å². The molecule has 0 fully saturated rings. The van der Waals surface area contributed by atoms with Crippen LogP contribution in [0.25, 0.3) is 12.2 Å². The van der Waals surface area contributed by atoms with Gasteiger partial charge in [-0.3, -0.25) is 4.79 Å². The predicted molar refractivity (Wildman–Crippen MR) is 126 cm³/mol. The van der Waals surface area contributed by atoms with Crippen LogP contribution < -0.4 is 75.1 Å². The molecule has 0 atom stereocenters. The van der Waals surface area contributed by atoms with E-state index in [9.17, 15) is 30.7 Å². The summed E-state index contributed by atoms with van der Waals surface area (Å²) in [6.45, 7) is 3.29. The van der Waals surface area contributed by atoms with Gasteiger partial charge in [0.15, 0.2) is 5.11 Å². The predicted octanol–water partition coefficient (Wildman–Crippen LogP) is -3.82. The van der Waals surface area contributed by atoms with Crippen LogP contribution in [0.1, 0.15) is 25.0 Å². The summed E-state index contributed by atoms with van der Waals surface area (Å²) in [6.07, 6.45) is 2.38. The number of hydrogen-bond acceptors (Lipinski definition) is 8. The molecule has 0 saturated heterocycles. The minimum absolute atomic E-state index is 0. The molecule has 0 radical (unpaired) electrons. The van der Waals surface area contributed by atoms with E-state index in [1.54, 1.807) is 20.9 Å². The second-order valence-corrected chi connectivity index (χ2v) is 10.2. The third-order valence-electron chi connectivity index (χ3n) is 4.29. The number of anilines is 2. The third kappa shape index (κ3) is 10.2. The molecule has 0 bridgehead atoms. The van der Waals surface area contributed by atoms with E-state index in [1.807, 2.05) is 0 Å². The second kappa shape index (κ2) is 14.2. The van der Waals surface area contributed by atoms with Crippen LogP contribution in [0.3, 0.4) is 0 Å². The maximum atomic E-state index is 11.9. The summed E-state index contributed by atoms with van der Waals surface area (Å²) in [5, 5.41) is 8.04. The van der Waals surface area contributed by atoms with Gasteiger partial charge in [-0.2, -0.15) is 0 Å². The Balaban J connectivity index is 0.00000578. The van der Waals surface area contributed by atoms with Crippen LogP contribution in [0, 0.1) is 5.92 Å². The van der Waals surface area contributed by atoms with Crippen LogP contribution >= 0.6 is 12.2 Å². The molecule has 0 saturated carbocycles. The largest absolute Gasteiger partial charge is 1.00 e. The molecule has 2 rings (SSSR count). The number of carbonyl (C=O) groups is 1. The molecule has 1 amide bonds. The van der Waals surface area contributed by atoms with E-state index < -0.39 is 30.0 Å². The molecule has 0 aliphatic heterocycles. The Kier molecular flexibility index (Phi) is 13.9. The Morgan fingerprint density at radius 2 is 1.26 bits per heavy atom. The van der Waals surface area contributed by atoms with E-state index in [2.05, 4.69) is 16.0 Å². The molecule has 0 unspecified atom stereocenters. The van der Waals surface area contributed by atoms with Crippen molar-refractivity contribution in [1.82, 2.24) is 5.32 Å². The molecule has 2 aromatic carbocycles. The summed E-state index contributed by atoms with van der Waals surface area (Å²) in [6, 6.07) is 7.56. The summed E-state index contributed by atoms with van der Waals surface area (Å²) in [5.74, 6) is -0.742. The number of thiocarbonyl (C=S) groups is 1. The maximum absolute atomic E-state index is 11.9. The van der Waals surface area contributed by atoms with E-state index in [-0.39, 0.29) is 98.6 Å². The molecule has 0 aliphatic carbocycles. The molecule has 3 N–H and O–H groups in total. The van der Waals surface area contributed by atoms with Crippen LogP contribution in [0.2, 0.25) is 0 Å². The number of carbonyl (C=O) groups excluding carboxylic acids is 1. The molecule has 10 nitrogen and oxygen atoms in total. The van der Waals surface area contributed by atoms with Gasteiger partial charge in [-0.1, -0.05) is 38.1 Å². The van der Waals surface area contributed by atoms with Gasteiger partial charge in [0.1, 0.15) is 20.2 Å². The average molecular weight is 558 g/mol. The SMILES string of the molecule is CNC(=S)Nc1ccc(C=Cc2ccc(NC(=O)C(C)C)cc2S(=O)(=O)[O-])c(S(=O)(=O)[O-])c1.[Na+].[Na+]. The average Bonchev–Trinajstić information content (AvgIpc) is 2.71. The van der Waals surface area contributed by atoms with Crippen LogP contribution in [0.15, 0.2) is 46.2 Å². The van der Waals surface area contributed by atoms with Crippen LogP contribution in [-0.2, 0) is 25.0 Å². The molecule has 2 aromatic rings. The standard InChI is InChI=1S/C20H23N3O7S3.2Na/c1-12(2)19(24)22-15-8-6-13(17(10-15)32(25,26)27)4-5-14-7-9-16(23-20(31)21-3)11-18(14)33(28,29)30;;/h4-12H,1-3H3,(H,22,24)(H2,21,23,31)(H,25,26,27)(H,28,29,30);;/q;2*+1/p-2. The molecule has 0 aromatic heterocycles. The summed E-state index contributed by atoms with van der Waals surface area (Å²) in [7, 11) is -8.29. The maximum Gasteiger partial charge on any atom is 1.00 e. The van der Waals surface area contributed by atoms with E-state index >= 15 is 0 Å². The van der Waals surface area contributed by atoms with Crippen molar-refractivity contribution in [2.45, 2.75) is 23.6 Å². The fourth-order valence-electron chi connectivity index (χ4n) is 2.59. The first-order valence-electron chi connectivity index (χ1n) is 9.40.